The van der Waals surface area contributed by atoms with Gasteiger partial charge in [0, 0.05) is 18.0 Å². The molecule has 2 heteroatoms. The lowest BCUT2D eigenvalue weighted by Crippen LogP contribution is -2.09. The summed E-state index contributed by atoms with van der Waals surface area (Å²) in [6.45, 7) is 10.8. The van der Waals surface area contributed by atoms with Crippen LogP contribution in [0.3, 0.4) is 0 Å². The Morgan fingerprint density at radius 3 is 2.50 bits per heavy atom. The molecule has 0 unspecified atom stereocenters. The van der Waals surface area contributed by atoms with E-state index in [0.29, 0.717) is 5.41 Å². The quantitative estimate of drug-likeness (QED) is 0.794. The van der Waals surface area contributed by atoms with Crippen LogP contribution in [0, 0.1) is 12.3 Å². The van der Waals surface area contributed by atoms with Crippen LogP contribution in [0.2, 0.25) is 0 Å². The van der Waals surface area contributed by atoms with E-state index < -0.39 is 0 Å². The number of hydrogen-bond acceptors (Lipinski definition) is 2. The molecule has 1 heterocycles. The number of hydrogen-bond donors (Lipinski definition) is 0. The molecule has 1 radical (unpaired) electrons. The van der Waals surface area contributed by atoms with Crippen LogP contribution in [0.5, 0.6) is 0 Å². The van der Waals surface area contributed by atoms with Crippen molar-refractivity contribution in [3.8, 4) is 11.3 Å². The Labute approximate surface area is 109 Å². The fourth-order valence-corrected chi connectivity index (χ4v) is 2.06. The zero-order valence-corrected chi connectivity index (χ0v) is 11.3. The minimum Gasteiger partial charge on any atom is -0.261 e. The van der Waals surface area contributed by atoms with Crippen LogP contribution in [0.25, 0.3) is 11.3 Å². The lowest BCUT2D eigenvalue weighted by Gasteiger charge is -2.19. The number of rotatable bonds is 2. The molecule has 0 aliphatic heterocycles. The molecule has 0 aliphatic carbocycles. The van der Waals surface area contributed by atoms with Gasteiger partial charge in [-0.1, -0.05) is 39.0 Å². The highest BCUT2D eigenvalue weighted by Crippen LogP contribution is 2.25. The van der Waals surface area contributed by atoms with Crippen molar-refractivity contribution >= 4 is 0 Å². The van der Waals surface area contributed by atoms with Crippen LogP contribution in [0.15, 0.2) is 36.8 Å². The first-order valence-electron chi connectivity index (χ1n) is 6.17. The second-order valence-electron chi connectivity index (χ2n) is 5.82. The van der Waals surface area contributed by atoms with E-state index in [1.165, 1.54) is 5.56 Å². The highest BCUT2D eigenvalue weighted by atomic mass is 14.8. The summed E-state index contributed by atoms with van der Waals surface area (Å²) in [5, 5.41) is 0. The third-order valence-corrected chi connectivity index (χ3v) is 2.74. The van der Waals surface area contributed by atoms with Gasteiger partial charge in [0.05, 0.1) is 11.9 Å². The summed E-state index contributed by atoms with van der Waals surface area (Å²) in [5.74, 6) is 0. The van der Waals surface area contributed by atoms with Crippen LogP contribution >= 0.6 is 0 Å². The van der Waals surface area contributed by atoms with E-state index in [9.17, 15) is 0 Å². The molecule has 0 spiro atoms. The maximum Gasteiger partial charge on any atom is 0.0887 e. The normalized spacial score (nSPS) is 11.6. The van der Waals surface area contributed by atoms with Gasteiger partial charge in [0.1, 0.15) is 0 Å². The molecule has 0 fully saturated rings. The second kappa shape index (κ2) is 4.89. The van der Waals surface area contributed by atoms with Gasteiger partial charge >= 0.3 is 0 Å². The number of benzene rings is 1. The molecule has 93 valence electrons. The molecule has 2 aromatic rings. The van der Waals surface area contributed by atoms with E-state index in [0.717, 1.165) is 23.2 Å². The summed E-state index contributed by atoms with van der Waals surface area (Å²) in [6, 6.07) is 6.40. The van der Waals surface area contributed by atoms with Crippen LogP contribution < -0.4 is 0 Å². The highest BCUT2D eigenvalue weighted by molar-refractivity contribution is 5.64. The summed E-state index contributed by atoms with van der Waals surface area (Å²) in [4.78, 5) is 8.41. The van der Waals surface area contributed by atoms with Crippen molar-refractivity contribution in [1.29, 1.82) is 0 Å². The van der Waals surface area contributed by atoms with Crippen molar-refractivity contribution in [2.24, 2.45) is 5.41 Å². The van der Waals surface area contributed by atoms with Crippen LogP contribution in [-0.2, 0) is 6.42 Å². The fourth-order valence-electron chi connectivity index (χ4n) is 2.06. The molecule has 0 saturated carbocycles. The first kappa shape index (κ1) is 12.7. The molecule has 0 saturated heterocycles. The fraction of sp³-hybridized carbons (Fsp3) is 0.312. The predicted octanol–water partition coefficient (Wildman–Crippen LogP) is 3.91. The molecular weight excluding hydrogens is 220 g/mol. The van der Waals surface area contributed by atoms with Crippen LogP contribution in [-0.4, -0.2) is 9.97 Å². The minimum atomic E-state index is 0.292. The Morgan fingerprint density at radius 2 is 1.94 bits per heavy atom. The maximum absolute atomic E-state index is 4.31. The Balaban J connectivity index is 2.32. The van der Waals surface area contributed by atoms with Crippen molar-refractivity contribution in [3.05, 3.63) is 54.8 Å². The molecule has 0 atom stereocenters. The SMILES string of the molecule is [CH2]c1cc(CC(C)(C)C)ccc1-c1cnccn1. The lowest BCUT2D eigenvalue weighted by atomic mass is 9.87. The Morgan fingerprint density at radius 1 is 1.17 bits per heavy atom. The van der Waals surface area contributed by atoms with Gasteiger partial charge in [-0.3, -0.25) is 9.97 Å². The number of aromatic nitrogens is 2. The van der Waals surface area contributed by atoms with Gasteiger partial charge in [0.15, 0.2) is 0 Å². The second-order valence-corrected chi connectivity index (χ2v) is 5.82. The predicted molar refractivity (Wildman–Crippen MR) is 75.1 cm³/mol. The molecule has 2 rings (SSSR count). The zero-order valence-electron chi connectivity index (χ0n) is 11.3. The molecular formula is C16H19N2. The van der Waals surface area contributed by atoms with Gasteiger partial charge in [-0.15, -0.1) is 0 Å². The zero-order chi connectivity index (χ0) is 13.2. The summed E-state index contributed by atoms with van der Waals surface area (Å²) in [6.07, 6.45) is 6.21. The molecule has 0 amide bonds. The standard InChI is InChI=1S/C16H19N2/c1-12-9-13(10-16(2,3)4)5-6-14(12)15-11-17-7-8-18-15/h5-9,11H,1,10H2,2-4H3. The molecule has 0 bridgehead atoms. The van der Waals surface area contributed by atoms with Gasteiger partial charge in [-0.25, -0.2) is 0 Å². The Hall–Kier alpha value is -1.70. The van der Waals surface area contributed by atoms with Crippen molar-refractivity contribution in [2.45, 2.75) is 27.2 Å². The van der Waals surface area contributed by atoms with E-state index in [-0.39, 0.29) is 0 Å². The summed E-state index contributed by atoms with van der Waals surface area (Å²) in [5.41, 5.74) is 4.56. The summed E-state index contributed by atoms with van der Waals surface area (Å²) < 4.78 is 0. The van der Waals surface area contributed by atoms with Gasteiger partial charge in [-0.05, 0) is 29.9 Å². The van der Waals surface area contributed by atoms with E-state index >= 15 is 0 Å². The van der Waals surface area contributed by atoms with E-state index in [1.807, 2.05) is 0 Å². The van der Waals surface area contributed by atoms with Crippen molar-refractivity contribution in [2.75, 3.05) is 0 Å². The maximum atomic E-state index is 4.31. The number of nitrogens with zero attached hydrogens (tertiary/aromatic N) is 2. The van der Waals surface area contributed by atoms with Gasteiger partial charge in [-0.2, -0.15) is 0 Å². The Kier molecular flexibility index (Phi) is 3.46. The molecule has 0 N–H and O–H groups in total. The largest absolute Gasteiger partial charge is 0.261 e. The van der Waals surface area contributed by atoms with Crippen molar-refractivity contribution in [3.63, 3.8) is 0 Å². The third-order valence-electron chi connectivity index (χ3n) is 2.74. The van der Waals surface area contributed by atoms with Crippen LogP contribution in [0.4, 0.5) is 0 Å². The molecule has 18 heavy (non-hydrogen) atoms. The molecule has 1 aromatic heterocycles. The molecule has 1 aromatic carbocycles. The minimum absolute atomic E-state index is 0.292. The average Bonchev–Trinajstić information content (AvgIpc) is 2.28. The monoisotopic (exact) mass is 239 g/mol. The van der Waals surface area contributed by atoms with Crippen molar-refractivity contribution < 1.29 is 0 Å². The summed E-state index contributed by atoms with van der Waals surface area (Å²) >= 11 is 0. The summed E-state index contributed by atoms with van der Waals surface area (Å²) in [7, 11) is 0. The average molecular weight is 239 g/mol. The third kappa shape index (κ3) is 3.16. The molecule has 2 nitrogen and oxygen atoms in total. The lowest BCUT2D eigenvalue weighted by molar-refractivity contribution is 0.411. The van der Waals surface area contributed by atoms with E-state index in [4.69, 9.17) is 0 Å². The van der Waals surface area contributed by atoms with E-state index in [1.54, 1.807) is 18.6 Å². The first-order valence-corrected chi connectivity index (χ1v) is 6.17. The van der Waals surface area contributed by atoms with Crippen LogP contribution in [0.1, 0.15) is 31.9 Å². The van der Waals surface area contributed by atoms with E-state index in [2.05, 4.69) is 55.9 Å². The Bertz CT molecular complexity index is 525. The van der Waals surface area contributed by atoms with Gasteiger partial charge in [0.25, 0.3) is 0 Å². The topological polar surface area (TPSA) is 25.8 Å². The first-order chi connectivity index (χ1) is 8.46. The van der Waals surface area contributed by atoms with Crippen molar-refractivity contribution in [1.82, 2.24) is 9.97 Å². The van der Waals surface area contributed by atoms with Gasteiger partial charge < -0.3 is 0 Å². The highest BCUT2D eigenvalue weighted by Gasteiger charge is 2.12. The smallest absolute Gasteiger partial charge is 0.0887 e. The van der Waals surface area contributed by atoms with Gasteiger partial charge in [0.2, 0.25) is 0 Å². The molecule has 0 aliphatic rings.